The lowest BCUT2D eigenvalue weighted by molar-refractivity contribution is 1.14. The first kappa shape index (κ1) is 22.3. The molecule has 0 amide bonds. The molecule has 3 aromatic carbocycles. The van der Waals surface area contributed by atoms with Crippen LogP contribution in [0.1, 0.15) is 28.8 Å². The number of hydrogen-bond donors (Lipinski definition) is 1. The van der Waals surface area contributed by atoms with Gasteiger partial charge in [-0.05, 0) is 59.4 Å². The standard InChI is InChI=1S/C35H27N3/c1-2-23-20-32-34-28(35(23)36)18-10-16-26-17-11-19-31(33(26)34)38(32)27-21-29(24-12-6-3-4-7-13-24)37-30(22-27)25-14-8-5-9-15-25/h2-12,14-17,19-22H,1,13,18,36H2. The normalized spacial score (nSPS) is 14.2. The summed E-state index contributed by atoms with van der Waals surface area (Å²) in [5.41, 5.74) is 18.5. The molecule has 2 N–H and O–H groups in total. The van der Waals surface area contributed by atoms with Crippen LogP contribution in [-0.2, 0) is 6.42 Å². The van der Waals surface area contributed by atoms with Gasteiger partial charge in [-0.2, -0.15) is 0 Å². The molecule has 0 unspecified atom stereocenters. The summed E-state index contributed by atoms with van der Waals surface area (Å²) in [5, 5.41) is 2.47. The molecule has 38 heavy (non-hydrogen) atoms. The third-order valence-corrected chi connectivity index (χ3v) is 7.59. The second kappa shape index (κ2) is 8.89. The van der Waals surface area contributed by atoms with Crippen LogP contribution in [0.4, 0.5) is 5.69 Å². The van der Waals surface area contributed by atoms with Crippen molar-refractivity contribution in [2.24, 2.45) is 0 Å². The predicted octanol–water partition coefficient (Wildman–Crippen LogP) is 8.54. The summed E-state index contributed by atoms with van der Waals surface area (Å²) in [5.74, 6) is 0. The van der Waals surface area contributed by atoms with Gasteiger partial charge in [0, 0.05) is 22.0 Å². The van der Waals surface area contributed by atoms with Gasteiger partial charge in [-0.15, -0.1) is 0 Å². The van der Waals surface area contributed by atoms with E-state index >= 15 is 0 Å². The number of nitrogens with two attached hydrogens (primary N) is 1. The monoisotopic (exact) mass is 489 g/mol. The van der Waals surface area contributed by atoms with Crippen molar-refractivity contribution in [1.82, 2.24) is 9.55 Å². The van der Waals surface area contributed by atoms with Crippen LogP contribution in [0.3, 0.4) is 0 Å². The fourth-order valence-corrected chi connectivity index (χ4v) is 5.80. The third-order valence-electron chi connectivity index (χ3n) is 7.59. The number of aromatic nitrogens is 2. The van der Waals surface area contributed by atoms with Crippen molar-refractivity contribution in [3.8, 4) is 16.9 Å². The molecule has 0 spiro atoms. The van der Waals surface area contributed by atoms with E-state index in [1.54, 1.807) is 0 Å². The maximum atomic E-state index is 6.70. The lowest BCUT2D eigenvalue weighted by Crippen LogP contribution is -2.02. The summed E-state index contributed by atoms with van der Waals surface area (Å²) in [7, 11) is 0. The molecular weight excluding hydrogens is 462 g/mol. The first-order valence-corrected chi connectivity index (χ1v) is 13.0. The van der Waals surface area contributed by atoms with Crippen LogP contribution in [-0.4, -0.2) is 9.55 Å². The van der Waals surface area contributed by atoms with Gasteiger partial charge in [-0.1, -0.05) is 97.7 Å². The summed E-state index contributed by atoms with van der Waals surface area (Å²) in [4.78, 5) is 5.15. The zero-order valence-electron chi connectivity index (χ0n) is 21.1. The van der Waals surface area contributed by atoms with E-state index in [4.69, 9.17) is 10.7 Å². The Hall–Kier alpha value is -4.89. The first-order valence-electron chi connectivity index (χ1n) is 13.0. The molecule has 5 aromatic rings. The molecule has 2 heterocycles. The van der Waals surface area contributed by atoms with Gasteiger partial charge in [0.1, 0.15) is 0 Å². The molecule has 182 valence electrons. The highest BCUT2D eigenvalue weighted by Crippen LogP contribution is 2.42. The van der Waals surface area contributed by atoms with E-state index in [2.05, 4.69) is 114 Å². The summed E-state index contributed by atoms with van der Waals surface area (Å²) in [6.07, 6.45) is 18.5. The van der Waals surface area contributed by atoms with Crippen molar-refractivity contribution in [3.05, 3.63) is 132 Å². The van der Waals surface area contributed by atoms with Gasteiger partial charge in [0.25, 0.3) is 0 Å². The minimum Gasteiger partial charge on any atom is -0.398 e. The molecule has 0 radical (unpaired) electrons. The summed E-state index contributed by atoms with van der Waals surface area (Å²) < 4.78 is 2.38. The maximum absolute atomic E-state index is 6.70. The quantitative estimate of drug-likeness (QED) is 0.257. The fraction of sp³-hybridized carbons (Fsp3) is 0.0571. The van der Waals surface area contributed by atoms with E-state index in [0.717, 1.165) is 57.8 Å². The van der Waals surface area contributed by atoms with Crippen molar-refractivity contribution < 1.29 is 0 Å². The van der Waals surface area contributed by atoms with Gasteiger partial charge < -0.3 is 10.3 Å². The number of hydrogen-bond acceptors (Lipinski definition) is 2. The van der Waals surface area contributed by atoms with Gasteiger partial charge >= 0.3 is 0 Å². The van der Waals surface area contributed by atoms with Crippen molar-refractivity contribution in [2.45, 2.75) is 12.8 Å². The third kappa shape index (κ3) is 3.47. The molecule has 2 aromatic heterocycles. The number of benzene rings is 3. The zero-order chi connectivity index (χ0) is 25.6. The Kier molecular flexibility index (Phi) is 5.22. The molecule has 0 atom stereocenters. The Morgan fingerprint density at radius 2 is 1.68 bits per heavy atom. The van der Waals surface area contributed by atoms with Gasteiger partial charge in [0.15, 0.2) is 0 Å². The second-order valence-electron chi connectivity index (χ2n) is 9.81. The lowest BCUT2D eigenvalue weighted by atomic mass is 9.98. The van der Waals surface area contributed by atoms with Crippen LogP contribution in [0.25, 0.3) is 56.5 Å². The maximum Gasteiger partial charge on any atom is 0.0730 e. The van der Waals surface area contributed by atoms with E-state index in [9.17, 15) is 0 Å². The van der Waals surface area contributed by atoms with Crippen molar-refractivity contribution in [1.29, 1.82) is 0 Å². The number of nitrogens with zero attached hydrogens (tertiary/aromatic N) is 2. The molecule has 0 saturated heterocycles. The Morgan fingerprint density at radius 3 is 2.55 bits per heavy atom. The average Bonchev–Trinajstić information content (AvgIpc) is 3.13. The molecule has 0 aliphatic heterocycles. The van der Waals surface area contributed by atoms with E-state index < -0.39 is 0 Å². The fourth-order valence-electron chi connectivity index (χ4n) is 5.80. The lowest BCUT2D eigenvalue weighted by Gasteiger charge is -2.15. The Bertz CT molecular complexity index is 1880. The van der Waals surface area contributed by atoms with E-state index in [0.29, 0.717) is 0 Å². The minimum atomic E-state index is 0.792. The van der Waals surface area contributed by atoms with Crippen molar-refractivity contribution >= 4 is 45.2 Å². The average molecular weight is 490 g/mol. The predicted molar refractivity (Wildman–Crippen MR) is 162 cm³/mol. The van der Waals surface area contributed by atoms with Gasteiger partial charge in [-0.25, -0.2) is 4.98 Å². The highest BCUT2D eigenvalue weighted by Gasteiger charge is 2.22. The molecule has 3 heteroatoms. The second-order valence-corrected chi connectivity index (χ2v) is 9.81. The van der Waals surface area contributed by atoms with Crippen LogP contribution in [0.5, 0.6) is 0 Å². The first-order chi connectivity index (χ1) is 18.7. The van der Waals surface area contributed by atoms with Crippen LogP contribution >= 0.6 is 0 Å². The Morgan fingerprint density at radius 1 is 0.816 bits per heavy atom. The van der Waals surface area contributed by atoms with Crippen LogP contribution < -0.4 is 5.73 Å². The largest absolute Gasteiger partial charge is 0.398 e. The van der Waals surface area contributed by atoms with E-state index in [1.165, 1.54) is 27.5 Å². The van der Waals surface area contributed by atoms with Gasteiger partial charge in [0.2, 0.25) is 0 Å². The van der Waals surface area contributed by atoms with Crippen LogP contribution in [0.15, 0.2) is 110 Å². The highest BCUT2D eigenvalue weighted by atomic mass is 15.0. The molecule has 0 bridgehead atoms. The van der Waals surface area contributed by atoms with Gasteiger partial charge in [0.05, 0.1) is 28.1 Å². The Balaban J connectivity index is 1.60. The van der Waals surface area contributed by atoms with Crippen LogP contribution in [0, 0.1) is 0 Å². The van der Waals surface area contributed by atoms with E-state index in [-0.39, 0.29) is 0 Å². The molecule has 0 saturated carbocycles. The molecule has 2 aliphatic rings. The Labute approximate surface area is 222 Å². The highest BCUT2D eigenvalue weighted by molar-refractivity contribution is 6.16. The number of rotatable bonds is 4. The summed E-state index contributed by atoms with van der Waals surface area (Å²) in [6, 6.07) is 23.6. The summed E-state index contributed by atoms with van der Waals surface area (Å²) in [6.45, 7) is 4.07. The van der Waals surface area contributed by atoms with Crippen molar-refractivity contribution in [2.75, 3.05) is 5.73 Å². The molecule has 0 fully saturated rings. The number of anilines is 1. The van der Waals surface area contributed by atoms with Crippen molar-refractivity contribution in [3.63, 3.8) is 0 Å². The molecule has 2 aliphatic carbocycles. The topological polar surface area (TPSA) is 43.8 Å². The number of nitrogen functional groups attached to an aromatic ring is 1. The van der Waals surface area contributed by atoms with E-state index in [1.807, 2.05) is 12.1 Å². The van der Waals surface area contributed by atoms with Gasteiger partial charge in [-0.3, -0.25) is 0 Å². The molecule has 3 nitrogen and oxygen atoms in total. The summed E-state index contributed by atoms with van der Waals surface area (Å²) >= 11 is 0. The smallest absolute Gasteiger partial charge is 0.0730 e. The van der Waals surface area contributed by atoms with Crippen LogP contribution in [0.2, 0.25) is 0 Å². The zero-order valence-corrected chi connectivity index (χ0v) is 21.1. The SMILES string of the molecule is C=Cc1cc2c3c(c1N)CC=Cc1cccc(c13)n2-c1cc(C2=CC=CC=CC2)nc(-c2ccccc2)c1. The molecular formula is C35H27N3. The number of allylic oxidation sites excluding steroid dienone is 7. The molecule has 7 rings (SSSR count). The number of pyridine rings is 1. The minimum absolute atomic E-state index is 0.792.